The van der Waals surface area contributed by atoms with Crippen molar-refractivity contribution in [3.05, 3.63) is 47.7 Å². The smallest absolute Gasteiger partial charge is 0.237 e. The molecule has 0 aliphatic heterocycles. The maximum absolute atomic E-state index is 6.09. The Morgan fingerprint density at radius 1 is 1.23 bits per heavy atom. The van der Waals surface area contributed by atoms with E-state index in [1.807, 2.05) is 41.8 Å². The summed E-state index contributed by atoms with van der Waals surface area (Å²) in [6.45, 7) is 0. The maximum atomic E-state index is 6.09. The Morgan fingerprint density at radius 2 is 2.12 bits per heavy atom. The third kappa shape index (κ3) is 3.16. The number of thiophene rings is 1. The van der Waals surface area contributed by atoms with Crippen molar-refractivity contribution in [3.63, 3.8) is 0 Å². The second-order valence-corrected chi connectivity index (χ2v) is 7.04. The highest BCUT2D eigenvalue weighted by Crippen LogP contribution is 2.29. The maximum Gasteiger partial charge on any atom is 0.237 e. The first-order chi connectivity index (χ1) is 12.8. The molecule has 0 saturated carbocycles. The fourth-order valence-corrected chi connectivity index (χ4v) is 3.73. The molecule has 0 aliphatic rings. The zero-order valence-electron chi connectivity index (χ0n) is 13.7. The standard InChI is InChI=1S/C16H14N6O2S2/c1-23-11-6-3-2-5-10(11)14-18-13(24-21-14)9-26-16-20-19-15(22(16)17)12-7-4-8-25-12/h2-8H,9,17H2,1H3. The summed E-state index contributed by atoms with van der Waals surface area (Å²) in [5.74, 6) is 8.78. The van der Waals surface area contributed by atoms with Crippen LogP contribution in [0.25, 0.3) is 22.1 Å². The van der Waals surface area contributed by atoms with Gasteiger partial charge >= 0.3 is 0 Å². The number of ether oxygens (including phenoxy) is 1. The minimum atomic E-state index is 0.432. The van der Waals surface area contributed by atoms with Gasteiger partial charge in [-0.1, -0.05) is 35.1 Å². The van der Waals surface area contributed by atoms with Crippen LogP contribution in [-0.4, -0.2) is 32.1 Å². The normalized spacial score (nSPS) is 11.0. The highest BCUT2D eigenvalue weighted by Gasteiger charge is 2.16. The lowest BCUT2D eigenvalue weighted by Gasteiger charge is -2.03. The first kappa shape index (κ1) is 16.6. The average molecular weight is 386 g/mol. The largest absolute Gasteiger partial charge is 0.496 e. The van der Waals surface area contributed by atoms with Crippen LogP contribution in [0.3, 0.4) is 0 Å². The number of methoxy groups -OCH3 is 1. The molecule has 3 heterocycles. The van der Waals surface area contributed by atoms with Gasteiger partial charge in [0, 0.05) is 0 Å². The van der Waals surface area contributed by atoms with Crippen LogP contribution in [0.1, 0.15) is 5.89 Å². The van der Waals surface area contributed by atoms with Gasteiger partial charge in [-0.15, -0.1) is 21.5 Å². The van der Waals surface area contributed by atoms with E-state index in [9.17, 15) is 0 Å². The van der Waals surface area contributed by atoms with E-state index in [-0.39, 0.29) is 0 Å². The summed E-state index contributed by atoms with van der Waals surface area (Å²) < 4.78 is 12.1. The molecular weight excluding hydrogens is 372 g/mol. The van der Waals surface area contributed by atoms with Crippen LogP contribution < -0.4 is 10.6 Å². The van der Waals surface area contributed by atoms with Crippen LogP contribution in [0.5, 0.6) is 5.75 Å². The molecular formula is C16H14N6O2S2. The van der Waals surface area contributed by atoms with Crippen molar-refractivity contribution >= 4 is 23.1 Å². The molecule has 26 heavy (non-hydrogen) atoms. The van der Waals surface area contributed by atoms with E-state index in [0.717, 1.165) is 10.4 Å². The third-order valence-electron chi connectivity index (χ3n) is 3.55. The van der Waals surface area contributed by atoms with Crippen molar-refractivity contribution in [2.45, 2.75) is 10.9 Å². The Bertz CT molecular complexity index is 1010. The molecule has 132 valence electrons. The predicted molar refractivity (Wildman–Crippen MR) is 99.3 cm³/mol. The molecule has 0 saturated heterocycles. The lowest BCUT2D eigenvalue weighted by atomic mass is 10.2. The number of hydrogen-bond donors (Lipinski definition) is 1. The average Bonchev–Trinajstić information content (AvgIpc) is 3.41. The molecule has 0 fully saturated rings. The lowest BCUT2D eigenvalue weighted by Crippen LogP contribution is -2.11. The fourth-order valence-electron chi connectivity index (χ4n) is 2.33. The molecule has 4 rings (SSSR count). The van der Waals surface area contributed by atoms with Gasteiger partial charge in [0.1, 0.15) is 5.75 Å². The van der Waals surface area contributed by atoms with Crippen LogP contribution in [-0.2, 0) is 5.75 Å². The number of hydrogen-bond acceptors (Lipinski definition) is 9. The van der Waals surface area contributed by atoms with Crippen LogP contribution in [0.4, 0.5) is 0 Å². The highest BCUT2D eigenvalue weighted by molar-refractivity contribution is 7.98. The summed E-state index contributed by atoms with van der Waals surface area (Å²) in [5.41, 5.74) is 0.775. The molecule has 0 amide bonds. The number of nitrogen functional groups attached to an aromatic ring is 1. The number of nitrogens with two attached hydrogens (primary N) is 1. The molecule has 0 bridgehead atoms. The van der Waals surface area contributed by atoms with Crippen molar-refractivity contribution in [2.75, 3.05) is 13.0 Å². The zero-order valence-corrected chi connectivity index (χ0v) is 15.3. The Kier molecular flexibility index (Phi) is 4.59. The van der Waals surface area contributed by atoms with E-state index in [1.54, 1.807) is 18.4 Å². The molecule has 0 atom stereocenters. The van der Waals surface area contributed by atoms with Gasteiger partial charge in [0.2, 0.25) is 16.9 Å². The highest BCUT2D eigenvalue weighted by atomic mass is 32.2. The van der Waals surface area contributed by atoms with E-state index in [4.69, 9.17) is 15.1 Å². The number of aromatic nitrogens is 5. The summed E-state index contributed by atoms with van der Waals surface area (Å²) in [6.07, 6.45) is 0. The summed E-state index contributed by atoms with van der Waals surface area (Å²) in [5, 5.41) is 14.8. The Balaban J connectivity index is 1.49. The molecule has 2 N–H and O–H groups in total. The van der Waals surface area contributed by atoms with E-state index in [1.165, 1.54) is 16.4 Å². The molecule has 0 radical (unpaired) electrons. The number of rotatable bonds is 6. The molecule has 4 aromatic rings. The van der Waals surface area contributed by atoms with E-state index in [0.29, 0.717) is 34.2 Å². The summed E-state index contributed by atoms with van der Waals surface area (Å²) in [4.78, 5) is 5.38. The number of para-hydroxylation sites is 1. The van der Waals surface area contributed by atoms with Gasteiger partial charge in [-0.3, -0.25) is 0 Å². The van der Waals surface area contributed by atoms with Crippen LogP contribution in [0.2, 0.25) is 0 Å². The van der Waals surface area contributed by atoms with Gasteiger partial charge in [-0.25, -0.2) is 4.68 Å². The minimum absolute atomic E-state index is 0.432. The molecule has 0 spiro atoms. The minimum Gasteiger partial charge on any atom is -0.496 e. The van der Waals surface area contributed by atoms with Crippen molar-refractivity contribution in [1.29, 1.82) is 0 Å². The fraction of sp³-hybridized carbons (Fsp3) is 0.125. The van der Waals surface area contributed by atoms with Gasteiger partial charge in [-0.05, 0) is 23.6 Å². The van der Waals surface area contributed by atoms with Crippen LogP contribution in [0.15, 0.2) is 51.5 Å². The molecule has 3 aromatic heterocycles. The monoisotopic (exact) mass is 386 g/mol. The summed E-state index contributed by atoms with van der Waals surface area (Å²) in [6, 6.07) is 11.4. The third-order valence-corrected chi connectivity index (χ3v) is 5.34. The Labute approximate surface area is 157 Å². The van der Waals surface area contributed by atoms with E-state index in [2.05, 4.69) is 20.3 Å². The van der Waals surface area contributed by atoms with E-state index < -0.39 is 0 Å². The van der Waals surface area contributed by atoms with Gasteiger partial charge in [0.25, 0.3) is 0 Å². The van der Waals surface area contributed by atoms with Gasteiger partial charge < -0.3 is 15.1 Å². The van der Waals surface area contributed by atoms with Crippen LogP contribution >= 0.6 is 23.1 Å². The summed E-state index contributed by atoms with van der Waals surface area (Å²) >= 11 is 2.94. The van der Waals surface area contributed by atoms with Crippen LogP contribution in [0, 0.1) is 0 Å². The zero-order chi connectivity index (χ0) is 17.9. The first-order valence-electron chi connectivity index (χ1n) is 7.59. The number of thioether (sulfide) groups is 1. The quantitative estimate of drug-likeness (QED) is 0.398. The predicted octanol–water partition coefficient (Wildman–Crippen LogP) is 3.07. The first-order valence-corrected chi connectivity index (χ1v) is 9.46. The van der Waals surface area contributed by atoms with Crippen molar-refractivity contribution in [2.24, 2.45) is 0 Å². The molecule has 10 heteroatoms. The SMILES string of the molecule is COc1ccccc1-c1noc(CSc2nnc(-c3cccs3)n2N)n1. The Morgan fingerprint density at radius 3 is 2.92 bits per heavy atom. The van der Waals surface area contributed by atoms with Gasteiger partial charge in [0.05, 0.1) is 23.3 Å². The molecule has 1 aromatic carbocycles. The van der Waals surface area contributed by atoms with E-state index >= 15 is 0 Å². The number of benzene rings is 1. The Hall–Kier alpha value is -2.85. The molecule has 0 aliphatic carbocycles. The summed E-state index contributed by atoms with van der Waals surface area (Å²) in [7, 11) is 1.61. The van der Waals surface area contributed by atoms with Gasteiger partial charge in [-0.2, -0.15) is 4.98 Å². The van der Waals surface area contributed by atoms with Crippen molar-refractivity contribution in [3.8, 4) is 27.8 Å². The second-order valence-electron chi connectivity index (χ2n) is 5.15. The van der Waals surface area contributed by atoms with Crippen molar-refractivity contribution in [1.82, 2.24) is 25.0 Å². The second kappa shape index (κ2) is 7.18. The topological polar surface area (TPSA) is 105 Å². The molecule has 0 unspecified atom stereocenters. The molecule has 8 nitrogen and oxygen atoms in total. The number of nitrogens with zero attached hydrogens (tertiary/aromatic N) is 5. The lowest BCUT2D eigenvalue weighted by molar-refractivity contribution is 0.390. The van der Waals surface area contributed by atoms with Gasteiger partial charge in [0.15, 0.2) is 5.82 Å². The van der Waals surface area contributed by atoms with Crippen molar-refractivity contribution < 1.29 is 9.26 Å².